The van der Waals surface area contributed by atoms with Crippen LogP contribution in [0.25, 0.3) is 11.2 Å². The van der Waals surface area contributed by atoms with Crippen molar-refractivity contribution in [2.75, 3.05) is 18.6 Å². The quantitative estimate of drug-likeness (QED) is 0.534. The molecule has 27 heavy (non-hydrogen) atoms. The van der Waals surface area contributed by atoms with Gasteiger partial charge in [0.05, 0.1) is 19.2 Å². The maximum atomic E-state index is 11.9. The molecule has 0 radical (unpaired) electrons. The average molecular weight is 417 g/mol. The van der Waals surface area contributed by atoms with E-state index in [9.17, 15) is 8.42 Å². The zero-order valence-electron chi connectivity index (χ0n) is 14.8. The number of fused-ring (bicyclic) bond motifs is 2. The number of aromatic nitrogens is 4. The van der Waals surface area contributed by atoms with E-state index in [2.05, 4.69) is 15.0 Å². The highest BCUT2D eigenvalue weighted by Crippen LogP contribution is 2.40. The van der Waals surface area contributed by atoms with E-state index in [1.165, 1.54) is 6.33 Å². The van der Waals surface area contributed by atoms with Gasteiger partial charge in [-0.3, -0.25) is 8.75 Å². The Kier molecular flexibility index (Phi) is 4.29. The second-order valence-corrected chi connectivity index (χ2v) is 8.89. The molecular formula is C14H19N5O6S2. The fraction of sp³-hybridized carbons (Fsp3) is 0.643. The highest BCUT2D eigenvalue weighted by atomic mass is 32.2. The second kappa shape index (κ2) is 6.18. The smallest absolute Gasteiger partial charge is 0.264 e. The predicted octanol–water partition coefficient (Wildman–Crippen LogP) is 0.465. The van der Waals surface area contributed by atoms with Gasteiger partial charge in [-0.15, -0.1) is 0 Å². The van der Waals surface area contributed by atoms with Crippen LogP contribution in [0, 0.1) is 4.64 Å². The van der Waals surface area contributed by atoms with Gasteiger partial charge in [0.25, 0.3) is 10.1 Å². The Morgan fingerprint density at radius 1 is 1.48 bits per heavy atom. The third kappa shape index (κ3) is 3.46. The summed E-state index contributed by atoms with van der Waals surface area (Å²) in [6, 6.07) is 0. The Labute approximate surface area is 159 Å². The van der Waals surface area contributed by atoms with Crippen LogP contribution in [0.2, 0.25) is 0 Å². The summed E-state index contributed by atoms with van der Waals surface area (Å²) in [5.41, 5.74) is 6.61. The number of imidazole rings is 1. The number of ether oxygens (including phenoxy) is 3. The van der Waals surface area contributed by atoms with Crippen LogP contribution in [-0.4, -0.2) is 64.9 Å². The van der Waals surface area contributed by atoms with E-state index < -0.39 is 40.4 Å². The maximum absolute atomic E-state index is 11.9. The monoisotopic (exact) mass is 417 g/mol. The second-order valence-electron chi connectivity index (χ2n) is 6.90. The normalized spacial score (nSPS) is 30.5. The Bertz CT molecular complexity index is 1050. The van der Waals surface area contributed by atoms with E-state index in [0.717, 1.165) is 6.26 Å². The van der Waals surface area contributed by atoms with Gasteiger partial charge in [0.1, 0.15) is 23.4 Å². The van der Waals surface area contributed by atoms with Crippen LogP contribution in [-0.2, 0) is 28.5 Å². The molecule has 4 atom stereocenters. The number of rotatable bonds is 3. The van der Waals surface area contributed by atoms with Crippen molar-refractivity contribution in [1.29, 1.82) is 0 Å². The molecule has 0 amide bonds. The highest BCUT2D eigenvalue weighted by Gasteiger charge is 2.54. The molecular weight excluding hydrogens is 398 g/mol. The lowest BCUT2D eigenvalue weighted by atomic mass is 10.1. The van der Waals surface area contributed by atoms with Gasteiger partial charge in [0.2, 0.25) is 0 Å². The summed E-state index contributed by atoms with van der Waals surface area (Å²) in [4.78, 5) is 11.1. The lowest BCUT2D eigenvalue weighted by molar-refractivity contribution is -0.299. The first kappa shape index (κ1) is 18.7. The molecule has 2 aromatic heterocycles. The zero-order valence-corrected chi connectivity index (χ0v) is 16.4. The number of hydrogen-bond donors (Lipinski definition) is 2. The molecule has 2 aliphatic rings. The Morgan fingerprint density at radius 3 is 2.93 bits per heavy atom. The number of nitrogens with one attached hydrogen (secondary N) is 1. The average Bonchev–Trinajstić information content (AvgIpc) is 3.07. The van der Waals surface area contributed by atoms with Crippen LogP contribution in [0.3, 0.4) is 0 Å². The Balaban J connectivity index is 1.80. The van der Waals surface area contributed by atoms with E-state index in [-0.39, 0.29) is 17.2 Å². The minimum Gasteiger partial charge on any atom is -0.369 e. The Morgan fingerprint density at radius 2 is 2.22 bits per heavy atom. The molecule has 0 saturated carbocycles. The third-order valence-corrected chi connectivity index (χ3v) is 5.18. The first-order chi connectivity index (χ1) is 12.5. The van der Waals surface area contributed by atoms with Gasteiger partial charge in [-0.05, 0) is 13.8 Å². The lowest BCUT2D eigenvalue weighted by Gasteiger charge is -2.38. The molecule has 3 N–H and O–H groups in total. The minimum absolute atomic E-state index is 0.103. The van der Waals surface area contributed by atoms with E-state index >= 15 is 0 Å². The fourth-order valence-electron chi connectivity index (χ4n) is 3.30. The number of anilines is 1. The number of H-pyrrole nitrogens is 1. The summed E-state index contributed by atoms with van der Waals surface area (Å²) < 4.78 is 48.4. The molecule has 0 aromatic carbocycles. The van der Waals surface area contributed by atoms with E-state index in [1.807, 2.05) is 0 Å². The largest absolute Gasteiger partial charge is 0.369 e. The van der Waals surface area contributed by atoms with Gasteiger partial charge in [0, 0.05) is 0 Å². The fourth-order valence-corrected chi connectivity index (χ4v) is 4.16. The molecule has 4 rings (SSSR count). The summed E-state index contributed by atoms with van der Waals surface area (Å²) in [6.07, 6.45) is -0.553. The van der Waals surface area contributed by atoms with Crippen molar-refractivity contribution in [3.05, 3.63) is 11.0 Å². The summed E-state index contributed by atoms with van der Waals surface area (Å²) in [6.45, 7) is 3.71. The lowest BCUT2D eigenvalue weighted by Crippen LogP contribution is -2.50. The van der Waals surface area contributed by atoms with Crippen LogP contribution in [0.5, 0.6) is 0 Å². The van der Waals surface area contributed by atoms with Crippen molar-refractivity contribution in [2.45, 2.75) is 44.2 Å². The minimum atomic E-state index is -3.79. The first-order valence-corrected chi connectivity index (χ1v) is 10.3. The number of nitrogen functional groups attached to an aromatic ring is 1. The summed E-state index contributed by atoms with van der Waals surface area (Å²) in [5.74, 6) is -0.796. The van der Waals surface area contributed by atoms with Crippen LogP contribution >= 0.6 is 12.2 Å². The molecule has 2 saturated heterocycles. The highest BCUT2D eigenvalue weighted by molar-refractivity contribution is 7.86. The molecule has 13 heteroatoms. The molecule has 4 heterocycles. The molecule has 0 unspecified atom stereocenters. The molecule has 2 aliphatic heterocycles. The van der Waals surface area contributed by atoms with Gasteiger partial charge in [0.15, 0.2) is 28.7 Å². The Hall–Kier alpha value is -1.64. The van der Waals surface area contributed by atoms with Gasteiger partial charge < -0.3 is 24.9 Å². The van der Waals surface area contributed by atoms with Gasteiger partial charge in [-0.1, -0.05) is 12.2 Å². The molecule has 0 aliphatic carbocycles. The van der Waals surface area contributed by atoms with Gasteiger partial charge in [-0.2, -0.15) is 8.42 Å². The van der Waals surface area contributed by atoms with Crippen molar-refractivity contribution >= 4 is 39.4 Å². The SMILES string of the molecule is CC1(C)OC[C@H]2O[C@@H](n3cnc4c(=S)nc(N)[nH]c43)[C@H](OS(C)(=O)=O)[C@H]2O1. The maximum Gasteiger partial charge on any atom is 0.264 e. The number of nitrogens with two attached hydrogens (primary N) is 1. The molecule has 0 bridgehead atoms. The summed E-state index contributed by atoms with van der Waals surface area (Å²) >= 11 is 5.18. The third-order valence-electron chi connectivity index (χ3n) is 4.33. The standard InChI is InChI=1S/C14H19N5O6S2/c1-14(2)22-4-6-8(24-14)9(25-27(3,20)21)12(23-6)19-5-16-7-10(19)17-13(15)18-11(7)26/h5-6,8-9,12H,4H2,1-3H3,(H3,15,17,18,26)/t6-,8+,9-,12-/m1/s1. The van der Waals surface area contributed by atoms with E-state index in [4.69, 9.17) is 36.3 Å². The first-order valence-electron chi connectivity index (χ1n) is 8.12. The van der Waals surface area contributed by atoms with Crippen LogP contribution in [0.4, 0.5) is 5.95 Å². The van der Waals surface area contributed by atoms with Gasteiger partial charge in [-0.25, -0.2) is 9.97 Å². The van der Waals surface area contributed by atoms with Crippen LogP contribution in [0.1, 0.15) is 20.1 Å². The summed E-state index contributed by atoms with van der Waals surface area (Å²) in [5, 5.41) is 0. The van der Waals surface area contributed by atoms with Gasteiger partial charge >= 0.3 is 0 Å². The predicted molar refractivity (Wildman–Crippen MR) is 95.7 cm³/mol. The number of aromatic amines is 1. The van der Waals surface area contributed by atoms with Crippen molar-refractivity contribution in [3.8, 4) is 0 Å². The molecule has 0 spiro atoms. The van der Waals surface area contributed by atoms with Crippen molar-refractivity contribution in [1.82, 2.24) is 19.5 Å². The number of nitrogens with zero attached hydrogens (tertiary/aromatic N) is 3. The topological polar surface area (TPSA) is 144 Å². The molecule has 2 aromatic rings. The van der Waals surface area contributed by atoms with Crippen molar-refractivity contribution < 1.29 is 26.8 Å². The zero-order chi connectivity index (χ0) is 19.6. The van der Waals surface area contributed by atoms with Crippen LogP contribution in [0.15, 0.2) is 6.33 Å². The molecule has 11 nitrogen and oxygen atoms in total. The van der Waals surface area contributed by atoms with E-state index in [1.54, 1.807) is 18.4 Å². The molecule has 148 valence electrons. The van der Waals surface area contributed by atoms with Crippen molar-refractivity contribution in [2.24, 2.45) is 0 Å². The molecule has 2 fully saturated rings. The van der Waals surface area contributed by atoms with Crippen molar-refractivity contribution in [3.63, 3.8) is 0 Å². The number of hydrogen-bond acceptors (Lipinski definition) is 10. The van der Waals surface area contributed by atoms with Crippen LogP contribution < -0.4 is 5.73 Å². The van der Waals surface area contributed by atoms with E-state index in [0.29, 0.717) is 11.2 Å². The summed E-state index contributed by atoms with van der Waals surface area (Å²) in [7, 11) is -3.79.